The van der Waals surface area contributed by atoms with Crippen LogP contribution < -0.4 is 16.6 Å². The lowest BCUT2D eigenvalue weighted by atomic mass is 10.2. The van der Waals surface area contributed by atoms with E-state index in [1.54, 1.807) is 6.92 Å². The Balaban J connectivity index is 1.84. The number of nitrogens with one attached hydrogen (secondary N) is 1. The van der Waals surface area contributed by atoms with Crippen LogP contribution in [0, 0.1) is 6.92 Å². The number of hydrogen-bond acceptors (Lipinski definition) is 5. The van der Waals surface area contributed by atoms with Crippen LogP contribution in [0.1, 0.15) is 11.1 Å². The van der Waals surface area contributed by atoms with Gasteiger partial charge in [0.1, 0.15) is 5.65 Å². The molecule has 1 amide bonds. The highest BCUT2D eigenvalue weighted by atomic mass is 32.2. The standard InChI is InChI=1S/C19H17F3N4O3S/c1-10-8-23-16-14(17(28)26(3)18(29)25(16)2)15(10)30-9-13(27)24-12-6-4-11(5-7-12)19(20,21)22/h4-8H,9H2,1-3H3,(H,24,27). The number of aromatic nitrogens is 3. The van der Waals surface area contributed by atoms with Gasteiger partial charge in [-0.3, -0.25) is 18.7 Å². The molecule has 11 heteroatoms. The summed E-state index contributed by atoms with van der Waals surface area (Å²) in [7, 11) is 2.86. The minimum absolute atomic E-state index is 0.0903. The Morgan fingerprint density at radius 3 is 2.37 bits per heavy atom. The Labute approximate surface area is 172 Å². The summed E-state index contributed by atoms with van der Waals surface area (Å²) in [5.41, 5.74) is -0.752. The van der Waals surface area contributed by atoms with Crippen molar-refractivity contribution < 1.29 is 18.0 Å². The number of amides is 1. The molecule has 0 unspecified atom stereocenters. The first-order chi connectivity index (χ1) is 14.0. The van der Waals surface area contributed by atoms with Crippen LogP contribution in [0.3, 0.4) is 0 Å². The molecule has 2 heterocycles. The van der Waals surface area contributed by atoms with Crippen LogP contribution in [-0.4, -0.2) is 25.8 Å². The maximum absolute atomic E-state index is 12.6. The average Bonchev–Trinajstić information content (AvgIpc) is 2.69. The Morgan fingerprint density at radius 1 is 1.13 bits per heavy atom. The molecule has 0 spiro atoms. The molecule has 0 saturated carbocycles. The van der Waals surface area contributed by atoms with E-state index in [1.807, 2.05) is 0 Å². The largest absolute Gasteiger partial charge is 0.416 e. The first-order valence-corrected chi connectivity index (χ1v) is 9.64. The third kappa shape index (κ3) is 4.11. The van der Waals surface area contributed by atoms with E-state index in [1.165, 1.54) is 37.0 Å². The molecule has 1 aromatic carbocycles. The van der Waals surface area contributed by atoms with Crippen LogP contribution in [0.4, 0.5) is 18.9 Å². The normalized spacial score (nSPS) is 11.7. The molecular weight excluding hydrogens is 421 g/mol. The molecule has 0 bridgehead atoms. The monoisotopic (exact) mass is 438 g/mol. The minimum atomic E-state index is -4.45. The number of fused-ring (bicyclic) bond motifs is 1. The quantitative estimate of drug-likeness (QED) is 0.633. The van der Waals surface area contributed by atoms with Gasteiger partial charge < -0.3 is 5.32 Å². The maximum atomic E-state index is 12.6. The SMILES string of the molecule is Cc1cnc2c(c1SCC(=O)Nc1ccc(C(F)(F)F)cc1)c(=O)n(C)c(=O)n2C. The van der Waals surface area contributed by atoms with E-state index in [-0.39, 0.29) is 22.5 Å². The number of halogens is 3. The molecule has 0 atom stereocenters. The zero-order valence-corrected chi connectivity index (χ0v) is 17.0. The summed E-state index contributed by atoms with van der Waals surface area (Å²) in [5.74, 6) is -0.543. The van der Waals surface area contributed by atoms with Gasteiger partial charge >= 0.3 is 11.9 Å². The number of carbonyl (C=O) groups excluding carboxylic acids is 1. The first kappa shape index (κ1) is 21.6. The number of nitrogens with zero attached hydrogens (tertiary/aromatic N) is 3. The van der Waals surface area contributed by atoms with Crippen molar-refractivity contribution in [2.45, 2.75) is 18.0 Å². The van der Waals surface area contributed by atoms with Crippen LogP contribution >= 0.6 is 11.8 Å². The lowest BCUT2D eigenvalue weighted by molar-refractivity contribution is -0.137. The number of aryl methyl sites for hydroxylation is 2. The predicted octanol–water partition coefficient (Wildman–Crippen LogP) is 2.69. The van der Waals surface area contributed by atoms with E-state index in [2.05, 4.69) is 10.3 Å². The van der Waals surface area contributed by atoms with Gasteiger partial charge in [-0.2, -0.15) is 13.2 Å². The highest BCUT2D eigenvalue weighted by molar-refractivity contribution is 8.00. The second kappa shape index (κ2) is 7.98. The van der Waals surface area contributed by atoms with Gasteiger partial charge in [0.15, 0.2) is 0 Å². The fourth-order valence-electron chi connectivity index (χ4n) is 2.86. The fourth-order valence-corrected chi connectivity index (χ4v) is 3.81. The molecular formula is C19H17F3N4O3S. The van der Waals surface area contributed by atoms with Crippen molar-refractivity contribution in [1.82, 2.24) is 14.1 Å². The zero-order chi connectivity index (χ0) is 22.2. The highest BCUT2D eigenvalue weighted by Crippen LogP contribution is 2.30. The van der Waals surface area contributed by atoms with Gasteiger partial charge in [0, 0.05) is 30.9 Å². The van der Waals surface area contributed by atoms with Crippen molar-refractivity contribution in [3.05, 3.63) is 62.4 Å². The summed E-state index contributed by atoms with van der Waals surface area (Å²) in [4.78, 5) is 41.7. The number of pyridine rings is 1. The lowest BCUT2D eigenvalue weighted by Crippen LogP contribution is -2.37. The van der Waals surface area contributed by atoms with Gasteiger partial charge in [0.05, 0.1) is 16.7 Å². The number of hydrogen-bond donors (Lipinski definition) is 1. The van der Waals surface area contributed by atoms with Crippen LogP contribution in [0.2, 0.25) is 0 Å². The molecule has 158 valence electrons. The van der Waals surface area contributed by atoms with Gasteiger partial charge in [-0.25, -0.2) is 9.78 Å². The minimum Gasteiger partial charge on any atom is -0.325 e. The molecule has 0 aliphatic carbocycles. The molecule has 0 fully saturated rings. The summed E-state index contributed by atoms with van der Waals surface area (Å²) in [5, 5.41) is 2.75. The third-order valence-electron chi connectivity index (χ3n) is 4.44. The van der Waals surface area contributed by atoms with Gasteiger partial charge in [-0.05, 0) is 36.8 Å². The van der Waals surface area contributed by atoms with Crippen molar-refractivity contribution in [3.8, 4) is 0 Å². The third-order valence-corrected chi connectivity index (χ3v) is 5.66. The molecule has 3 rings (SSSR count). The predicted molar refractivity (Wildman–Crippen MR) is 108 cm³/mol. The Kier molecular flexibility index (Phi) is 5.75. The molecule has 0 radical (unpaired) electrons. The van der Waals surface area contributed by atoms with Gasteiger partial charge in [-0.15, -0.1) is 11.8 Å². The van der Waals surface area contributed by atoms with Crippen molar-refractivity contribution in [2.24, 2.45) is 14.1 Å². The number of thioether (sulfide) groups is 1. The average molecular weight is 438 g/mol. The Hall–Kier alpha value is -3.08. The molecule has 30 heavy (non-hydrogen) atoms. The van der Waals surface area contributed by atoms with E-state index in [9.17, 15) is 27.6 Å². The molecule has 2 aromatic heterocycles. The molecule has 1 N–H and O–H groups in total. The number of anilines is 1. The van der Waals surface area contributed by atoms with Crippen LogP contribution in [0.15, 0.2) is 44.9 Å². The van der Waals surface area contributed by atoms with Crippen molar-refractivity contribution in [3.63, 3.8) is 0 Å². The van der Waals surface area contributed by atoms with E-state index in [4.69, 9.17) is 0 Å². The van der Waals surface area contributed by atoms with E-state index < -0.39 is 28.9 Å². The Morgan fingerprint density at radius 2 is 1.77 bits per heavy atom. The van der Waals surface area contributed by atoms with Crippen LogP contribution in [0.25, 0.3) is 11.0 Å². The molecule has 3 aromatic rings. The topological polar surface area (TPSA) is 86.0 Å². The highest BCUT2D eigenvalue weighted by Gasteiger charge is 2.30. The summed E-state index contributed by atoms with van der Waals surface area (Å²) in [6.07, 6.45) is -2.94. The number of rotatable bonds is 4. The second-order valence-corrected chi connectivity index (χ2v) is 7.57. The second-order valence-electron chi connectivity index (χ2n) is 6.59. The van der Waals surface area contributed by atoms with E-state index in [0.717, 1.165) is 28.5 Å². The van der Waals surface area contributed by atoms with Gasteiger partial charge in [-0.1, -0.05) is 0 Å². The molecule has 0 saturated heterocycles. The van der Waals surface area contributed by atoms with Gasteiger partial charge in [0.2, 0.25) is 5.91 Å². The molecule has 0 aliphatic heterocycles. The smallest absolute Gasteiger partial charge is 0.325 e. The number of benzene rings is 1. The van der Waals surface area contributed by atoms with Crippen LogP contribution in [0.5, 0.6) is 0 Å². The summed E-state index contributed by atoms with van der Waals surface area (Å²) in [6.45, 7) is 1.73. The summed E-state index contributed by atoms with van der Waals surface area (Å²) < 4.78 is 40.1. The van der Waals surface area contributed by atoms with Crippen molar-refractivity contribution in [1.29, 1.82) is 0 Å². The fraction of sp³-hybridized carbons (Fsp3) is 0.263. The lowest BCUT2D eigenvalue weighted by Gasteiger charge is -2.12. The van der Waals surface area contributed by atoms with E-state index in [0.29, 0.717) is 10.5 Å². The molecule has 0 aliphatic rings. The van der Waals surface area contributed by atoms with E-state index >= 15 is 0 Å². The summed E-state index contributed by atoms with van der Waals surface area (Å²) >= 11 is 1.09. The maximum Gasteiger partial charge on any atom is 0.416 e. The first-order valence-electron chi connectivity index (χ1n) is 8.66. The molecule has 7 nitrogen and oxygen atoms in total. The van der Waals surface area contributed by atoms with Crippen molar-refractivity contribution >= 4 is 34.4 Å². The van der Waals surface area contributed by atoms with Crippen LogP contribution in [-0.2, 0) is 25.1 Å². The van der Waals surface area contributed by atoms with Gasteiger partial charge in [0.25, 0.3) is 5.56 Å². The number of carbonyl (C=O) groups is 1. The summed E-state index contributed by atoms with van der Waals surface area (Å²) in [6, 6.07) is 4.11. The Bertz CT molecular complexity index is 1250. The number of alkyl halides is 3. The van der Waals surface area contributed by atoms with Crippen molar-refractivity contribution in [2.75, 3.05) is 11.1 Å². The zero-order valence-electron chi connectivity index (χ0n) is 16.2.